The lowest BCUT2D eigenvalue weighted by Gasteiger charge is -2.22. The van der Waals surface area contributed by atoms with Gasteiger partial charge in [0.1, 0.15) is 0 Å². The number of aryl methyl sites for hydroxylation is 1. The van der Waals surface area contributed by atoms with Gasteiger partial charge in [-0.1, -0.05) is 6.92 Å². The monoisotopic (exact) mass is 315 g/mol. The van der Waals surface area contributed by atoms with Gasteiger partial charge in [-0.3, -0.25) is 4.68 Å². The molecular weight excluding hydrogens is 294 g/mol. The van der Waals surface area contributed by atoms with Crippen molar-refractivity contribution in [3.63, 3.8) is 0 Å². The van der Waals surface area contributed by atoms with Crippen LogP contribution >= 0.6 is 15.9 Å². The second-order valence-electron chi connectivity index (χ2n) is 4.67. The minimum absolute atomic E-state index is 0.315. The number of nitrogens with zero attached hydrogens (tertiary/aromatic N) is 2. The topological polar surface area (TPSA) is 39.1 Å². The molecule has 0 radical (unpaired) electrons. The number of rotatable bonds is 6. The molecule has 18 heavy (non-hydrogen) atoms. The van der Waals surface area contributed by atoms with Crippen molar-refractivity contribution in [3.05, 3.63) is 16.4 Å². The number of hydrogen-bond acceptors (Lipinski definition) is 3. The molecule has 2 unspecified atom stereocenters. The summed E-state index contributed by atoms with van der Waals surface area (Å²) in [6.45, 7) is 7.03. The highest BCUT2D eigenvalue weighted by Gasteiger charge is 2.25. The van der Waals surface area contributed by atoms with Gasteiger partial charge in [0.25, 0.3) is 0 Å². The van der Waals surface area contributed by atoms with Gasteiger partial charge in [-0.2, -0.15) is 5.10 Å². The fraction of sp³-hybridized carbons (Fsp3) is 0.769. The molecule has 1 aliphatic rings. The van der Waals surface area contributed by atoms with Crippen LogP contribution in [0.5, 0.6) is 0 Å². The first-order valence-electron chi connectivity index (χ1n) is 6.82. The maximum Gasteiger partial charge on any atom is 0.0696 e. The molecule has 5 heteroatoms. The Hall–Kier alpha value is -0.390. The van der Waals surface area contributed by atoms with E-state index in [1.807, 2.05) is 6.20 Å². The molecule has 4 nitrogen and oxygen atoms in total. The lowest BCUT2D eigenvalue weighted by atomic mass is 10.0. The summed E-state index contributed by atoms with van der Waals surface area (Å²) in [5, 5.41) is 7.96. The zero-order chi connectivity index (χ0) is 13.0. The van der Waals surface area contributed by atoms with E-state index in [-0.39, 0.29) is 0 Å². The Labute approximate surface area is 117 Å². The molecule has 1 fully saturated rings. The van der Waals surface area contributed by atoms with Gasteiger partial charge in [0, 0.05) is 13.2 Å². The smallest absolute Gasteiger partial charge is 0.0696 e. The largest absolute Gasteiger partial charge is 0.378 e. The quantitative estimate of drug-likeness (QED) is 0.877. The Kier molecular flexibility index (Phi) is 5.21. The van der Waals surface area contributed by atoms with Gasteiger partial charge in [-0.05, 0) is 48.7 Å². The standard InChI is InChI=1S/C13H22BrN3O/c1-3-15-12(8-10-6-5-7-18-10)13-11(14)9-16-17(13)4-2/h9-10,12,15H,3-8H2,1-2H3. The lowest BCUT2D eigenvalue weighted by Crippen LogP contribution is -2.27. The molecule has 0 spiro atoms. The van der Waals surface area contributed by atoms with Crippen LogP contribution in [0.15, 0.2) is 10.7 Å². The molecule has 2 heterocycles. The summed E-state index contributed by atoms with van der Waals surface area (Å²) < 4.78 is 8.91. The van der Waals surface area contributed by atoms with E-state index < -0.39 is 0 Å². The van der Waals surface area contributed by atoms with Crippen LogP contribution in [0.25, 0.3) is 0 Å². The molecule has 1 N–H and O–H groups in total. The van der Waals surface area contributed by atoms with Crippen molar-refractivity contribution >= 4 is 15.9 Å². The highest BCUT2D eigenvalue weighted by molar-refractivity contribution is 9.10. The Bertz CT molecular complexity index is 374. The predicted molar refractivity (Wildman–Crippen MR) is 75.6 cm³/mol. The van der Waals surface area contributed by atoms with E-state index in [0.29, 0.717) is 12.1 Å². The Morgan fingerprint density at radius 1 is 1.61 bits per heavy atom. The summed E-state index contributed by atoms with van der Waals surface area (Å²) in [5.41, 5.74) is 1.25. The maximum absolute atomic E-state index is 5.76. The first kappa shape index (κ1) is 14.0. The summed E-state index contributed by atoms with van der Waals surface area (Å²) >= 11 is 3.61. The van der Waals surface area contributed by atoms with E-state index in [9.17, 15) is 0 Å². The molecule has 1 aromatic heterocycles. The summed E-state index contributed by atoms with van der Waals surface area (Å²) in [7, 11) is 0. The van der Waals surface area contributed by atoms with Crippen LogP contribution in [0.3, 0.4) is 0 Å². The molecule has 0 bridgehead atoms. The van der Waals surface area contributed by atoms with E-state index >= 15 is 0 Å². The molecule has 0 aromatic carbocycles. The molecular formula is C13H22BrN3O. The van der Waals surface area contributed by atoms with Gasteiger partial charge < -0.3 is 10.1 Å². The number of ether oxygens (including phenoxy) is 1. The Morgan fingerprint density at radius 2 is 2.44 bits per heavy atom. The SMILES string of the molecule is CCNC(CC1CCCO1)c1c(Br)cnn1CC. The first-order valence-corrected chi connectivity index (χ1v) is 7.61. The van der Waals surface area contributed by atoms with Crippen molar-refractivity contribution in [1.29, 1.82) is 0 Å². The first-order chi connectivity index (χ1) is 8.76. The van der Waals surface area contributed by atoms with Crippen LogP contribution in [0.2, 0.25) is 0 Å². The average Bonchev–Trinajstić information content (AvgIpc) is 2.98. The maximum atomic E-state index is 5.76. The third kappa shape index (κ3) is 3.13. The second kappa shape index (κ2) is 6.68. The summed E-state index contributed by atoms with van der Waals surface area (Å²) in [6.07, 6.45) is 5.68. The van der Waals surface area contributed by atoms with Crippen molar-refractivity contribution in [3.8, 4) is 0 Å². The van der Waals surface area contributed by atoms with E-state index in [4.69, 9.17) is 4.74 Å². The zero-order valence-corrected chi connectivity index (χ0v) is 12.7. The van der Waals surface area contributed by atoms with Crippen LogP contribution in [0.4, 0.5) is 0 Å². The normalized spacial score (nSPS) is 21.4. The molecule has 2 rings (SSSR count). The Morgan fingerprint density at radius 3 is 3.06 bits per heavy atom. The fourth-order valence-electron chi connectivity index (χ4n) is 2.60. The molecule has 0 aliphatic carbocycles. The van der Waals surface area contributed by atoms with E-state index in [1.165, 1.54) is 18.5 Å². The number of aromatic nitrogens is 2. The van der Waals surface area contributed by atoms with Gasteiger partial charge in [-0.25, -0.2) is 0 Å². The van der Waals surface area contributed by atoms with Gasteiger partial charge in [0.05, 0.1) is 28.5 Å². The van der Waals surface area contributed by atoms with E-state index in [1.54, 1.807) is 0 Å². The molecule has 1 saturated heterocycles. The molecule has 0 saturated carbocycles. The van der Waals surface area contributed by atoms with E-state index in [2.05, 4.69) is 44.9 Å². The molecule has 0 amide bonds. The summed E-state index contributed by atoms with van der Waals surface area (Å²) in [5.74, 6) is 0. The van der Waals surface area contributed by atoms with Gasteiger partial charge >= 0.3 is 0 Å². The van der Waals surface area contributed by atoms with Crippen molar-refractivity contribution in [2.75, 3.05) is 13.2 Å². The highest BCUT2D eigenvalue weighted by Crippen LogP contribution is 2.29. The Balaban J connectivity index is 2.14. The van der Waals surface area contributed by atoms with Gasteiger partial charge in [-0.15, -0.1) is 0 Å². The third-order valence-electron chi connectivity index (χ3n) is 3.44. The predicted octanol–water partition coefficient (Wildman–Crippen LogP) is 2.89. The fourth-order valence-corrected chi connectivity index (χ4v) is 3.17. The van der Waals surface area contributed by atoms with Crippen molar-refractivity contribution in [2.45, 2.75) is 51.8 Å². The molecule has 1 aliphatic heterocycles. The van der Waals surface area contributed by atoms with Gasteiger partial charge in [0.15, 0.2) is 0 Å². The third-order valence-corrected chi connectivity index (χ3v) is 4.05. The molecule has 2 atom stereocenters. The van der Waals surface area contributed by atoms with Crippen molar-refractivity contribution < 1.29 is 4.74 Å². The number of halogens is 1. The van der Waals surface area contributed by atoms with Crippen molar-refractivity contribution in [1.82, 2.24) is 15.1 Å². The number of hydrogen-bond donors (Lipinski definition) is 1. The van der Waals surface area contributed by atoms with Crippen molar-refractivity contribution in [2.24, 2.45) is 0 Å². The van der Waals surface area contributed by atoms with Crippen LogP contribution in [0.1, 0.15) is 44.8 Å². The summed E-state index contributed by atoms with van der Waals surface area (Å²) in [4.78, 5) is 0. The minimum Gasteiger partial charge on any atom is -0.378 e. The zero-order valence-electron chi connectivity index (χ0n) is 11.2. The van der Waals surface area contributed by atoms with Crippen LogP contribution in [-0.4, -0.2) is 29.0 Å². The molecule has 102 valence electrons. The number of nitrogens with one attached hydrogen (secondary N) is 1. The van der Waals surface area contributed by atoms with Crippen LogP contribution < -0.4 is 5.32 Å². The van der Waals surface area contributed by atoms with E-state index in [0.717, 1.165) is 30.6 Å². The van der Waals surface area contributed by atoms with Crippen LogP contribution in [-0.2, 0) is 11.3 Å². The van der Waals surface area contributed by atoms with Crippen LogP contribution in [0, 0.1) is 0 Å². The summed E-state index contributed by atoms with van der Waals surface area (Å²) in [6, 6.07) is 0.315. The second-order valence-corrected chi connectivity index (χ2v) is 5.53. The molecule has 1 aromatic rings. The lowest BCUT2D eigenvalue weighted by molar-refractivity contribution is 0.0937. The average molecular weight is 316 g/mol. The highest BCUT2D eigenvalue weighted by atomic mass is 79.9. The van der Waals surface area contributed by atoms with Gasteiger partial charge in [0.2, 0.25) is 0 Å². The minimum atomic E-state index is 0.315.